The van der Waals surface area contributed by atoms with Crippen molar-refractivity contribution in [3.8, 4) is 5.75 Å². The molecule has 12 heteroatoms. The van der Waals surface area contributed by atoms with Gasteiger partial charge in [-0.3, -0.25) is 9.52 Å². The third kappa shape index (κ3) is 10.3. The van der Waals surface area contributed by atoms with Crippen molar-refractivity contribution in [2.45, 2.75) is 108 Å². The third-order valence-corrected chi connectivity index (χ3v) is 10.8. The Kier molecular flexibility index (Phi) is 13.5. The van der Waals surface area contributed by atoms with Crippen LogP contribution in [0.25, 0.3) is 0 Å². The molecule has 3 amide bonds. The summed E-state index contributed by atoms with van der Waals surface area (Å²) in [6.07, 6.45) is 7.21. The van der Waals surface area contributed by atoms with Gasteiger partial charge in [0.2, 0.25) is 0 Å². The van der Waals surface area contributed by atoms with E-state index in [4.69, 9.17) is 9.47 Å². The molecule has 2 aliphatic rings. The minimum atomic E-state index is -3.92. The number of carbonyl (C=O) groups excluding carboxylic acids is 2. The van der Waals surface area contributed by atoms with E-state index in [2.05, 4.69) is 10.0 Å². The molecule has 4 atom stereocenters. The average Bonchev–Trinajstić information content (AvgIpc) is 3.06. The fraction of sp³-hybridized carbons (Fsp3) is 0.611. The van der Waals surface area contributed by atoms with E-state index in [-0.39, 0.29) is 59.5 Å². The molecule has 266 valence electrons. The molecule has 11 nitrogen and oxygen atoms in total. The quantitative estimate of drug-likeness (QED) is 0.331. The molecule has 2 aromatic carbocycles. The maximum Gasteiger partial charge on any atom is 0.317 e. The van der Waals surface area contributed by atoms with Gasteiger partial charge in [-0.2, -0.15) is 0 Å². The number of rotatable bonds is 8. The summed E-state index contributed by atoms with van der Waals surface area (Å²) in [4.78, 5) is 30.9. The van der Waals surface area contributed by atoms with Crippen LogP contribution < -0.4 is 14.8 Å². The van der Waals surface area contributed by atoms with Crippen molar-refractivity contribution in [3.63, 3.8) is 0 Å². The highest BCUT2D eigenvalue weighted by atomic mass is 32.2. The van der Waals surface area contributed by atoms with E-state index < -0.39 is 22.0 Å². The normalized spacial score (nSPS) is 22.5. The largest absolute Gasteiger partial charge is 0.490 e. The minimum Gasteiger partial charge on any atom is -0.490 e. The summed E-state index contributed by atoms with van der Waals surface area (Å²) in [5, 5.41) is 13.4. The number of nitrogens with one attached hydrogen (secondary N) is 2. The molecular weight excluding hydrogens is 632 g/mol. The SMILES string of the molecule is Cc1ccc(S(=O)(=O)Nc2ccc3c(c2)C(=O)N([C@H](C)CO)C[C@@H](C)[C@H](CN(C)C(=O)NC2CCCCC2)OCCCC[C@H](C)O3)cc1. The zero-order valence-corrected chi connectivity index (χ0v) is 29.9. The summed E-state index contributed by atoms with van der Waals surface area (Å²) in [5.74, 6) is -0.263. The number of likely N-dealkylation sites (N-methyl/N-ethyl adjacent to an activating group) is 1. The van der Waals surface area contributed by atoms with E-state index >= 15 is 0 Å². The minimum absolute atomic E-state index is 0.108. The number of amides is 3. The van der Waals surface area contributed by atoms with E-state index in [1.807, 2.05) is 20.8 Å². The lowest BCUT2D eigenvalue weighted by molar-refractivity contribution is -0.0123. The number of aryl methyl sites for hydroxylation is 1. The monoisotopic (exact) mass is 686 g/mol. The van der Waals surface area contributed by atoms with Gasteiger partial charge in [0.15, 0.2) is 0 Å². The lowest BCUT2D eigenvalue weighted by atomic mass is 9.96. The van der Waals surface area contributed by atoms with Crippen molar-refractivity contribution >= 4 is 27.6 Å². The first-order valence-electron chi connectivity index (χ1n) is 17.3. The topological polar surface area (TPSA) is 138 Å². The van der Waals surface area contributed by atoms with Crippen LogP contribution in [0.3, 0.4) is 0 Å². The van der Waals surface area contributed by atoms with Crippen LogP contribution in [0.4, 0.5) is 10.5 Å². The van der Waals surface area contributed by atoms with Gasteiger partial charge in [-0.25, -0.2) is 13.2 Å². The van der Waals surface area contributed by atoms with Gasteiger partial charge < -0.3 is 29.7 Å². The van der Waals surface area contributed by atoms with Crippen molar-refractivity contribution in [1.29, 1.82) is 0 Å². The Bertz CT molecular complexity index is 1460. The van der Waals surface area contributed by atoms with Gasteiger partial charge in [-0.15, -0.1) is 0 Å². The summed E-state index contributed by atoms with van der Waals surface area (Å²) in [7, 11) is -2.15. The van der Waals surface area contributed by atoms with Gasteiger partial charge in [0.05, 0.1) is 35.3 Å². The Balaban J connectivity index is 1.61. The van der Waals surface area contributed by atoms with Crippen molar-refractivity contribution < 1.29 is 32.6 Å². The van der Waals surface area contributed by atoms with Crippen molar-refractivity contribution in [1.82, 2.24) is 15.1 Å². The van der Waals surface area contributed by atoms with Gasteiger partial charge in [0.25, 0.3) is 15.9 Å². The fourth-order valence-corrected chi connectivity index (χ4v) is 7.31. The van der Waals surface area contributed by atoms with Crippen LogP contribution in [0.1, 0.15) is 88.1 Å². The molecule has 0 radical (unpaired) electrons. The first kappa shape index (κ1) is 37.5. The highest BCUT2D eigenvalue weighted by Gasteiger charge is 2.31. The molecule has 3 N–H and O–H groups in total. The molecule has 1 aliphatic heterocycles. The number of hydrogen-bond donors (Lipinski definition) is 3. The molecule has 48 heavy (non-hydrogen) atoms. The second kappa shape index (κ2) is 17.3. The average molecular weight is 687 g/mol. The fourth-order valence-electron chi connectivity index (χ4n) is 6.26. The number of sulfonamides is 1. The van der Waals surface area contributed by atoms with Crippen LogP contribution in [-0.2, 0) is 14.8 Å². The number of aliphatic hydroxyl groups excluding tert-OH is 1. The number of urea groups is 1. The van der Waals surface area contributed by atoms with Crippen LogP contribution in [0.5, 0.6) is 5.75 Å². The molecule has 0 spiro atoms. The second-order valence-electron chi connectivity index (χ2n) is 13.6. The number of carbonyl (C=O) groups is 2. The Morgan fingerprint density at radius 2 is 1.73 bits per heavy atom. The molecule has 0 unspecified atom stereocenters. The van der Waals surface area contributed by atoms with Gasteiger partial charge in [0, 0.05) is 44.4 Å². The summed E-state index contributed by atoms with van der Waals surface area (Å²) in [6.45, 7) is 8.37. The van der Waals surface area contributed by atoms with E-state index in [1.54, 1.807) is 48.0 Å². The summed E-state index contributed by atoms with van der Waals surface area (Å²) >= 11 is 0. The summed E-state index contributed by atoms with van der Waals surface area (Å²) in [5.41, 5.74) is 1.35. The number of anilines is 1. The predicted octanol–water partition coefficient (Wildman–Crippen LogP) is 5.57. The van der Waals surface area contributed by atoms with E-state index in [0.29, 0.717) is 18.9 Å². The van der Waals surface area contributed by atoms with Crippen LogP contribution in [0, 0.1) is 12.8 Å². The standard InChI is InChI=1S/C36H54N4O7S/c1-25-14-17-31(18-15-25)48(44,45)38-30-16-19-33-32(21-30)35(42)40(27(3)24-41)22-26(2)34(46-20-10-9-11-28(4)47-33)23-39(5)36(43)37-29-12-7-6-8-13-29/h14-19,21,26-29,34,38,41H,6-13,20,22-24H2,1-5H3,(H,37,43)/t26-,27-,28+,34+/m1/s1. The first-order valence-corrected chi connectivity index (χ1v) is 18.8. The smallest absolute Gasteiger partial charge is 0.317 e. The van der Waals surface area contributed by atoms with Gasteiger partial charge >= 0.3 is 6.03 Å². The molecule has 0 bridgehead atoms. The summed E-state index contributed by atoms with van der Waals surface area (Å²) < 4.78 is 41.7. The van der Waals surface area contributed by atoms with Crippen LogP contribution in [0.2, 0.25) is 0 Å². The lowest BCUT2D eigenvalue weighted by Crippen LogP contribution is -2.50. The zero-order chi connectivity index (χ0) is 34.8. The Hall–Kier alpha value is -3.35. The van der Waals surface area contributed by atoms with Crippen molar-refractivity contribution in [3.05, 3.63) is 53.6 Å². The molecular formula is C36H54N4O7S. The zero-order valence-electron chi connectivity index (χ0n) is 29.1. The maximum absolute atomic E-state index is 14.4. The number of fused-ring (bicyclic) bond motifs is 1. The van der Waals surface area contributed by atoms with Crippen LogP contribution in [0.15, 0.2) is 47.4 Å². The van der Waals surface area contributed by atoms with Gasteiger partial charge in [-0.1, -0.05) is 43.9 Å². The number of aliphatic hydroxyl groups is 1. The molecule has 1 heterocycles. The van der Waals surface area contributed by atoms with E-state index in [1.165, 1.54) is 24.6 Å². The second-order valence-corrected chi connectivity index (χ2v) is 15.3. The van der Waals surface area contributed by atoms with Crippen LogP contribution in [-0.4, -0.2) is 92.9 Å². The number of hydrogen-bond acceptors (Lipinski definition) is 7. The number of nitrogens with zero attached hydrogens (tertiary/aromatic N) is 2. The molecule has 1 fully saturated rings. The van der Waals surface area contributed by atoms with E-state index in [9.17, 15) is 23.1 Å². The Morgan fingerprint density at radius 1 is 1.04 bits per heavy atom. The number of ether oxygens (including phenoxy) is 2. The third-order valence-electron chi connectivity index (χ3n) is 9.37. The Morgan fingerprint density at radius 3 is 2.42 bits per heavy atom. The number of benzene rings is 2. The molecule has 4 rings (SSSR count). The molecule has 1 saturated carbocycles. The molecule has 1 aliphatic carbocycles. The summed E-state index contributed by atoms with van der Waals surface area (Å²) in [6, 6.07) is 10.7. The van der Waals surface area contributed by atoms with Crippen molar-refractivity contribution in [2.75, 3.05) is 38.1 Å². The van der Waals surface area contributed by atoms with E-state index in [0.717, 1.165) is 50.5 Å². The Labute approximate surface area is 286 Å². The predicted molar refractivity (Wildman–Crippen MR) is 187 cm³/mol. The highest BCUT2D eigenvalue weighted by Crippen LogP contribution is 2.30. The first-order chi connectivity index (χ1) is 22.9. The van der Waals surface area contributed by atoms with Crippen LogP contribution >= 0.6 is 0 Å². The highest BCUT2D eigenvalue weighted by molar-refractivity contribution is 7.92. The molecule has 0 saturated heterocycles. The molecule has 2 aromatic rings. The molecule has 0 aromatic heterocycles. The lowest BCUT2D eigenvalue weighted by Gasteiger charge is -2.36. The van der Waals surface area contributed by atoms with Gasteiger partial charge in [-0.05, 0) is 83.2 Å². The van der Waals surface area contributed by atoms with Gasteiger partial charge in [0.1, 0.15) is 5.75 Å². The van der Waals surface area contributed by atoms with Crippen molar-refractivity contribution in [2.24, 2.45) is 5.92 Å². The maximum atomic E-state index is 14.4.